The molecule has 0 spiro atoms. The van der Waals surface area contributed by atoms with Crippen LogP contribution in [0.25, 0.3) is 22.5 Å². The minimum absolute atomic E-state index is 0.242. The van der Waals surface area contributed by atoms with Crippen LogP contribution in [-0.4, -0.2) is 28.9 Å². The number of thioether (sulfide) groups is 1. The Kier molecular flexibility index (Phi) is 7.29. The summed E-state index contributed by atoms with van der Waals surface area (Å²) in [6.45, 7) is 0. The van der Waals surface area contributed by atoms with Gasteiger partial charge < -0.3 is 4.98 Å². The quantitative estimate of drug-likeness (QED) is 0.329. The van der Waals surface area contributed by atoms with Crippen LogP contribution in [0.2, 0.25) is 10.0 Å². The number of nitrogens with one attached hydrogen (secondary N) is 1. The maximum atomic E-state index is 12.3. The van der Waals surface area contributed by atoms with Gasteiger partial charge in [0.1, 0.15) is 4.75 Å². The van der Waals surface area contributed by atoms with Crippen LogP contribution in [0, 0.1) is 0 Å². The number of hydrogen-bond acceptors (Lipinski definition) is 4. The molecule has 1 heterocycles. The van der Waals surface area contributed by atoms with Gasteiger partial charge in [0.2, 0.25) is 10.0 Å². The van der Waals surface area contributed by atoms with E-state index in [2.05, 4.69) is 4.98 Å². The smallest absolute Gasteiger partial charge is 0.218 e. The van der Waals surface area contributed by atoms with Crippen LogP contribution in [0.4, 0.5) is 0 Å². The molecule has 2 aromatic carbocycles. The number of nitrogens with zero attached hydrogens (tertiary/aromatic N) is 1. The van der Waals surface area contributed by atoms with Gasteiger partial charge in [-0.25, -0.2) is 18.5 Å². The number of rotatable bonds is 7. The number of hydrogen-bond donors (Lipinski definition) is 2. The number of primary sulfonamides is 1. The molecular formula is C23H20Cl3N3O2S2. The SMILES string of the molecule is NS(=O)(=O)C1(CCSc2nc(-c3ccc(Cl)cc3)c(-c3ccc(Cl)cc3)[nH]2)C=CC(Cl)=CC1. The second kappa shape index (κ2) is 9.86. The van der Waals surface area contributed by atoms with Gasteiger partial charge in [-0.1, -0.05) is 83.0 Å². The third-order valence-electron chi connectivity index (χ3n) is 5.45. The summed E-state index contributed by atoms with van der Waals surface area (Å²) in [6, 6.07) is 14.9. The lowest BCUT2D eigenvalue weighted by Gasteiger charge is -2.29. The predicted molar refractivity (Wildman–Crippen MR) is 138 cm³/mol. The molecule has 0 fully saturated rings. The number of aromatic amines is 1. The molecule has 1 unspecified atom stereocenters. The van der Waals surface area contributed by atoms with E-state index in [0.717, 1.165) is 22.5 Å². The van der Waals surface area contributed by atoms with Crippen molar-refractivity contribution in [3.63, 3.8) is 0 Å². The van der Waals surface area contributed by atoms with Crippen molar-refractivity contribution in [3.8, 4) is 22.5 Å². The molecule has 0 amide bonds. The van der Waals surface area contributed by atoms with Crippen molar-refractivity contribution in [1.82, 2.24) is 9.97 Å². The highest BCUT2D eigenvalue weighted by atomic mass is 35.5. The van der Waals surface area contributed by atoms with Gasteiger partial charge in [-0.3, -0.25) is 0 Å². The summed E-state index contributed by atoms with van der Waals surface area (Å²) < 4.78 is 23.5. The zero-order valence-corrected chi connectivity index (χ0v) is 21.2. The van der Waals surface area contributed by atoms with E-state index >= 15 is 0 Å². The second-order valence-corrected chi connectivity index (χ2v) is 11.9. The number of allylic oxidation sites excluding steroid dienone is 3. The van der Waals surface area contributed by atoms with Gasteiger partial charge in [0.25, 0.3) is 0 Å². The summed E-state index contributed by atoms with van der Waals surface area (Å²) in [7, 11) is -3.82. The summed E-state index contributed by atoms with van der Waals surface area (Å²) in [5.41, 5.74) is 3.44. The van der Waals surface area contributed by atoms with E-state index in [1.807, 2.05) is 48.5 Å². The van der Waals surface area contributed by atoms with Gasteiger partial charge in [-0.05, 0) is 43.2 Å². The van der Waals surface area contributed by atoms with Crippen LogP contribution in [0.5, 0.6) is 0 Å². The van der Waals surface area contributed by atoms with E-state index < -0.39 is 14.8 Å². The summed E-state index contributed by atoms with van der Waals surface area (Å²) in [5, 5.41) is 8.03. The Bertz CT molecular complexity index is 1250. The number of imidazole rings is 1. The van der Waals surface area contributed by atoms with Gasteiger partial charge in [-0.2, -0.15) is 0 Å². The van der Waals surface area contributed by atoms with Crippen molar-refractivity contribution in [2.45, 2.75) is 22.7 Å². The average Bonchev–Trinajstić information content (AvgIpc) is 3.19. The molecule has 5 nitrogen and oxygen atoms in total. The summed E-state index contributed by atoms with van der Waals surface area (Å²) in [6.07, 6.45) is 5.42. The van der Waals surface area contributed by atoms with Crippen molar-refractivity contribution in [2.24, 2.45) is 5.14 Å². The first-order chi connectivity index (χ1) is 15.7. The lowest BCUT2D eigenvalue weighted by atomic mass is 9.97. The summed E-state index contributed by atoms with van der Waals surface area (Å²) in [5.74, 6) is 0.486. The van der Waals surface area contributed by atoms with E-state index in [4.69, 9.17) is 44.9 Å². The Hall–Kier alpha value is -1.74. The standard InChI is InChI=1S/C23H20Cl3N3O2S2/c24-17-5-1-15(2-6-17)20-21(16-3-7-18(25)8-4-16)29-22(28-20)32-14-13-23(33(27,30)31)11-9-19(26)10-12-23/h1-11H,12-14H2,(H,28,29)(H2,27,30,31). The van der Waals surface area contributed by atoms with Gasteiger partial charge >= 0.3 is 0 Å². The molecule has 3 N–H and O–H groups in total. The van der Waals surface area contributed by atoms with Gasteiger partial charge in [0.15, 0.2) is 5.16 Å². The molecule has 10 heteroatoms. The summed E-state index contributed by atoms with van der Waals surface area (Å²) in [4.78, 5) is 8.16. The maximum absolute atomic E-state index is 12.3. The van der Waals surface area contributed by atoms with Gasteiger partial charge in [-0.15, -0.1) is 0 Å². The van der Waals surface area contributed by atoms with Crippen molar-refractivity contribution in [3.05, 3.63) is 81.8 Å². The van der Waals surface area contributed by atoms with Crippen LogP contribution in [0.3, 0.4) is 0 Å². The molecule has 0 radical (unpaired) electrons. The molecule has 1 aromatic heterocycles. The van der Waals surface area contributed by atoms with Crippen molar-refractivity contribution in [1.29, 1.82) is 0 Å². The number of benzene rings is 2. The first kappa shape index (κ1) is 24.4. The molecular weight excluding hydrogens is 521 g/mol. The number of aromatic nitrogens is 2. The Morgan fingerprint density at radius 1 is 1.00 bits per heavy atom. The average molecular weight is 541 g/mol. The van der Waals surface area contributed by atoms with Gasteiger partial charge in [0.05, 0.1) is 11.4 Å². The maximum Gasteiger partial charge on any atom is 0.218 e. The van der Waals surface area contributed by atoms with E-state index in [-0.39, 0.29) is 6.42 Å². The van der Waals surface area contributed by atoms with Crippen molar-refractivity contribution in [2.75, 3.05) is 5.75 Å². The molecule has 33 heavy (non-hydrogen) atoms. The highest BCUT2D eigenvalue weighted by Crippen LogP contribution is 2.37. The second-order valence-electron chi connectivity index (χ2n) is 7.61. The van der Waals surface area contributed by atoms with E-state index in [1.165, 1.54) is 11.8 Å². The highest BCUT2D eigenvalue weighted by Gasteiger charge is 2.39. The highest BCUT2D eigenvalue weighted by molar-refractivity contribution is 7.99. The Labute approximate surface area is 212 Å². The Morgan fingerprint density at radius 3 is 2.15 bits per heavy atom. The van der Waals surface area contributed by atoms with Crippen LogP contribution < -0.4 is 5.14 Å². The fourth-order valence-electron chi connectivity index (χ4n) is 3.56. The fraction of sp³-hybridized carbons (Fsp3) is 0.174. The molecule has 172 valence electrons. The van der Waals surface area contributed by atoms with Gasteiger partial charge in [0, 0.05) is 32.0 Å². The first-order valence-corrected chi connectivity index (χ1v) is 13.7. The first-order valence-electron chi connectivity index (χ1n) is 9.99. The van der Waals surface area contributed by atoms with Crippen LogP contribution >= 0.6 is 46.6 Å². The number of sulfonamides is 1. The Morgan fingerprint density at radius 2 is 1.61 bits per heavy atom. The van der Waals surface area contributed by atoms with E-state index in [9.17, 15) is 8.42 Å². The predicted octanol–water partition coefficient (Wildman–Crippen LogP) is 6.64. The third kappa shape index (κ3) is 5.50. The van der Waals surface area contributed by atoms with E-state index in [1.54, 1.807) is 18.2 Å². The summed E-state index contributed by atoms with van der Waals surface area (Å²) >= 11 is 19.5. The molecule has 1 atom stereocenters. The number of H-pyrrole nitrogens is 1. The largest absolute Gasteiger partial charge is 0.332 e. The lowest BCUT2D eigenvalue weighted by molar-refractivity contribution is 0.545. The molecule has 4 rings (SSSR count). The molecule has 0 aliphatic heterocycles. The number of nitrogens with two attached hydrogens (primary N) is 1. The topological polar surface area (TPSA) is 88.8 Å². The molecule has 0 bridgehead atoms. The van der Waals surface area contributed by atoms with E-state index in [0.29, 0.717) is 32.4 Å². The molecule has 1 aliphatic rings. The minimum atomic E-state index is -3.82. The molecule has 0 saturated carbocycles. The Balaban J connectivity index is 1.61. The third-order valence-corrected chi connectivity index (χ3v) is 8.75. The zero-order chi connectivity index (χ0) is 23.6. The minimum Gasteiger partial charge on any atom is -0.332 e. The fourth-order valence-corrected chi connectivity index (χ4v) is 6.03. The monoisotopic (exact) mass is 539 g/mol. The molecule has 0 saturated heterocycles. The van der Waals surface area contributed by atoms with Crippen molar-refractivity contribution >= 4 is 56.6 Å². The lowest BCUT2D eigenvalue weighted by Crippen LogP contribution is -2.42. The van der Waals surface area contributed by atoms with Crippen LogP contribution in [0.1, 0.15) is 12.8 Å². The normalized spacial score (nSPS) is 18.4. The van der Waals surface area contributed by atoms with Crippen LogP contribution in [0.15, 0.2) is 76.9 Å². The van der Waals surface area contributed by atoms with Crippen molar-refractivity contribution < 1.29 is 8.42 Å². The molecule has 1 aliphatic carbocycles. The van der Waals surface area contributed by atoms with Crippen LogP contribution in [-0.2, 0) is 10.0 Å². The number of halogens is 3. The zero-order valence-electron chi connectivity index (χ0n) is 17.3. The molecule has 3 aromatic rings.